The quantitative estimate of drug-likeness (QED) is 0.120. The molecule has 39 heavy (non-hydrogen) atoms. The minimum Gasteiger partial charge on any atom is -0.508 e. The summed E-state index contributed by atoms with van der Waals surface area (Å²) in [6.45, 7) is 8.60. The van der Waals surface area contributed by atoms with Gasteiger partial charge in [0.15, 0.2) is 5.78 Å². The van der Waals surface area contributed by atoms with Gasteiger partial charge >= 0.3 is 0 Å². The van der Waals surface area contributed by atoms with E-state index in [9.17, 15) is 20.1 Å². The standard InChI is InChI=1S/C34H42O5/c1-23(2)6-5-7-24(3)32-22-33(38)25(4)20-34(32)39-31-18-12-27(13-19-31)11-17-30(37)21-29(36)16-10-26-8-14-28(35)15-9-26/h6,8-19,21,24-25,32-35,37-38H,5,7,20,22H2,1-4H3/b16-10+,17-11+,30-21-/t24-,25?,32+,33-,34-/m0/s1. The van der Waals surface area contributed by atoms with Crippen LogP contribution in [0.4, 0.5) is 0 Å². The smallest absolute Gasteiger partial charge is 0.182 e. The molecule has 1 saturated carbocycles. The second-order valence-electron chi connectivity index (χ2n) is 11.0. The Kier molecular flexibility index (Phi) is 11.2. The molecule has 0 spiro atoms. The average molecular weight is 531 g/mol. The van der Waals surface area contributed by atoms with Crippen molar-refractivity contribution in [1.29, 1.82) is 0 Å². The summed E-state index contributed by atoms with van der Waals surface area (Å²) in [6, 6.07) is 14.2. The monoisotopic (exact) mass is 530 g/mol. The van der Waals surface area contributed by atoms with Gasteiger partial charge in [-0.15, -0.1) is 0 Å². The first kappa shape index (κ1) is 30.0. The summed E-state index contributed by atoms with van der Waals surface area (Å²) in [7, 11) is 0. The molecule has 5 atom stereocenters. The molecule has 0 aromatic heterocycles. The van der Waals surface area contributed by atoms with E-state index in [1.54, 1.807) is 36.4 Å². The van der Waals surface area contributed by atoms with Crippen molar-refractivity contribution in [3.8, 4) is 11.5 Å². The van der Waals surface area contributed by atoms with E-state index in [-0.39, 0.29) is 35.4 Å². The fourth-order valence-electron chi connectivity index (χ4n) is 4.96. The molecular weight excluding hydrogens is 488 g/mol. The molecule has 5 nitrogen and oxygen atoms in total. The number of phenols is 1. The molecule has 1 aliphatic rings. The van der Waals surface area contributed by atoms with Crippen LogP contribution in [-0.4, -0.2) is 33.3 Å². The van der Waals surface area contributed by atoms with Gasteiger partial charge in [-0.25, -0.2) is 0 Å². The number of rotatable bonds is 11. The lowest BCUT2D eigenvalue weighted by atomic mass is 9.72. The third-order valence-corrected chi connectivity index (χ3v) is 7.40. The highest BCUT2D eigenvalue weighted by Gasteiger charge is 2.38. The summed E-state index contributed by atoms with van der Waals surface area (Å²) in [6.07, 6.45) is 13.1. The molecule has 1 fully saturated rings. The average Bonchev–Trinajstić information content (AvgIpc) is 2.89. The molecule has 1 unspecified atom stereocenters. The van der Waals surface area contributed by atoms with Crippen LogP contribution < -0.4 is 4.74 Å². The van der Waals surface area contributed by atoms with E-state index >= 15 is 0 Å². The molecule has 0 radical (unpaired) electrons. The van der Waals surface area contributed by atoms with Crippen molar-refractivity contribution in [3.63, 3.8) is 0 Å². The van der Waals surface area contributed by atoms with Crippen LogP contribution in [0.1, 0.15) is 64.5 Å². The van der Waals surface area contributed by atoms with Crippen LogP contribution in [0.3, 0.4) is 0 Å². The Hall–Kier alpha value is -3.57. The Morgan fingerprint density at radius 1 is 1.00 bits per heavy atom. The van der Waals surface area contributed by atoms with Crippen LogP contribution in [0.25, 0.3) is 12.2 Å². The Labute approximate surface area is 232 Å². The lowest BCUT2D eigenvalue weighted by Gasteiger charge is -2.41. The predicted molar refractivity (Wildman–Crippen MR) is 158 cm³/mol. The van der Waals surface area contributed by atoms with Crippen LogP contribution in [0, 0.1) is 17.8 Å². The molecule has 1 aliphatic carbocycles. The van der Waals surface area contributed by atoms with Crippen molar-refractivity contribution in [2.45, 2.75) is 65.6 Å². The number of allylic oxidation sites excluding steroid dienone is 5. The summed E-state index contributed by atoms with van der Waals surface area (Å²) < 4.78 is 6.46. The van der Waals surface area contributed by atoms with Crippen molar-refractivity contribution in [1.82, 2.24) is 0 Å². The van der Waals surface area contributed by atoms with Crippen molar-refractivity contribution < 1.29 is 24.9 Å². The normalized spacial score (nSPS) is 22.6. The summed E-state index contributed by atoms with van der Waals surface area (Å²) in [5.74, 6) is 1.41. The van der Waals surface area contributed by atoms with E-state index in [0.29, 0.717) is 11.8 Å². The molecule has 2 aromatic carbocycles. The number of aliphatic hydroxyl groups excluding tert-OH is 2. The first-order chi connectivity index (χ1) is 18.6. The van der Waals surface area contributed by atoms with Gasteiger partial charge in [0.1, 0.15) is 23.4 Å². The molecular formula is C34H42O5. The first-order valence-electron chi connectivity index (χ1n) is 13.8. The largest absolute Gasteiger partial charge is 0.508 e. The van der Waals surface area contributed by atoms with Gasteiger partial charge in [-0.3, -0.25) is 4.79 Å². The number of ketones is 1. The van der Waals surface area contributed by atoms with E-state index in [4.69, 9.17) is 4.74 Å². The fourth-order valence-corrected chi connectivity index (χ4v) is 4.96. The number of phenolic OH excluding ortho intramolecular Hbond substituents is 1. The third kappa shape index (κ3) is 9.92. The maximum atomic E-state index is 12.1. The number of benzene rings is 2. The van der Waals surface area contributed by atoms with Gasteiger partial charge in [0.05, 0.1) is 6.10 Å². The predicted octanol–water partition coefficient (Wildman–Crippen LogP) is 7.67. The Balaban J connectivity index is 1.58. The van der Waals surface area contributed by atoms with Gasteiger partial charge in [0.25, 0.3) is 0 Å². The summed E-state index contributed by atoms with van der Waals surface area (Å²) in [5, 5.41) is 30.0. The number of hydrogen-bond donors (Lipinski definition) is 3. The van der Waals surface area contributed by atoms with Crippen LogP contribution in [0.15, 0.2) is 84.2 Å². The Morgan fingerprint density at radius 3 is 2.26 bits per heavy atom. The topological polar surface area (TPSA) is 87.0 Å². The van der Waals surface area contributed by atoms with Crippen LogP contribution >= 0.6 is 0 Å². The molecule has 0 bridgehead atoms. The molecule has 0 amide bonds. The lowest BCUT2D eigenvalue weighted by Crippen LogP contribution is -2.43. The number of aliphatic hydroxyl groups is 2. The Morgan fingerprint density at radius 2 is 1.62 bits per heavy atom. The summed E-state index contributed by atoms with van der Waals surface area (Å²) >= 11 is 0. The van der Waals surface area contributed by atoms with Gasteiger partial charge in [-0.2, -0.15) is 0 Å². The SMILES string of the molecule is CC(C)=CCC[C@H](C)[C@H]1C[C@H](O)C(C)C[C@@H]1Oc1ccc(/C=C/C(O)=C/C(=O)/C=C/c2ccc(O)cc2)cc1. The van der Waals surface area contributed by atoms with Gasteiger partial charge in [0, 0.05) is 12.0 Å². The summed E-state index contributed by atoms with van der Waals surface area (Å²) in [5.41, 5.74) is 2.98. The molecule has 5 heteroatoms. The van der Waals surface area contributed by atoms with Gasteiger partial charge in [0.2, 0.25) is 0 Å². The lowest BCUT2D eigenvalue weighted by molar-refractivity contribution is -0.110. The van der Waals surface area contributed by atoms with Crippen molar-refractivity contribution in [2.24, 2.45) is 17.8 Å². The van der Waals surface area contributed by atoms with Crippen molar-refractivity contribution >= 4 is 17.9 Å². The number of ether oxygens (including phenoxy) is 1. The fraction of sp³-hybridized carbons (Fsp3) is 0.382. The Bertz CT molecular complexity index is 1180. The van der Waals surface area contributed by atoms with Gasteiger partial charge in [-0.05, 0) is 98.9 Å². The van der Waals surface area contributed by atoms with E-state index in [1.807, 2.05) is 24.3 Å². The number of aromatic hydroxyl groups is 1. The molecule has 208 valence electrons. The number of hydrogen-bond acceptors (Lipinski definition) is 5. The third-order valence-electron chi connectivity index (χ3n) is 7.40. The number of carbonyl (C=O) groups is 1. The molecule has 0 aliphatic heterocycles. The van der Waals surface area contributed by atoms with Crippen LogP contribution in [-0.2, 0) is 4.79 Å². The van der Waals surface area contributed by atoms with Crippen molar-refractivity contribution in [3.05, 3.63) is 95.3 Å². The zero-order chi connectivity index (χ0) is 28.4. The molecule has 3 rings (SSSR count). The minimum absolute atomic E-state index is 0.0547. The van der Waals surface area contributed by atoms with Gasteiger partial charge in [-0.1, -0.05) is 61.9 Å². The highest BCUT2D eigenvalue weighted by atomic mass is 16.5. The second kappa shape index (κ2) is 14.5. The zero-order valence-corrected chi connectivity index (χ0v) is 23.5. The number of carbonyl (C=O) groups excluding carboxylic acids is 1. The molecule has 2 aromatic rings. The van der Waals surface area contributed by atoms with Crippen molar-refractivity contribution in [2.75, 3.05) is 0 Å². The van der Waals surface area contributed by atoms with E-state index in [0.717, 1.165) is 48.6 Å². The van der Waals surface area contributed by atoms with E-state index in [2.05, 4.69) is 33.8 Å². The highest BCUT2D eigenvalue weighted by Crippen LogP contribution is 2.38. The van der Waals surface area contributed by atoms with E-state index in [1.165, 1.54) is 17.7 Å². The first-order valence-corrected chi connectivity index (χ1v) is 13.8. The second-order valence-corrected chi connectivity index (χ2v) is 11.0. The summed E-state index contributed by atoms with van der Waals surface area (Å²) in [4.78, 5) is 12.1. The minimum atomic E-state index is -0.342. The maximum Gasteiger partial charge on any atom is 0.182 e. The van der Waals surface area contributed by atoms with Crippen LogP contribution in [0.2, 0.25) is 0 Å². The molecule has 0 heterocycles. The maximum absolute atomic E-state index is 12.1. The van der Waals surface area contributed by atoms with Crippen LogP contribution in [0.5, 0.6) is 11.5 Å². The zero-order valence-electron chi connectivity index (χ0n) is 23.5. The highest BCUT2D eigenvalue weighted by molar-refractivity contribution is 6.02. The van der Waals surface area contributed by atoms with Gasteiger partial charge < -0.3 is 20.1 Å². The molecule has 3 N–H and O–H groups in total. The van der Waals surface area contributed by atoms with E-state index < -0.39 is 0 Å². The molecule has 0 saturated heterocycles.